The standard InChI is InChI=1S/C23H27N5O2S/c1-17-3-5-18(6-4-17)25-23(31)27-12-9-26(10-13-27)11-14-28-21-15-19(30-2)16-24-20(21)7-8-22(28)29/h3-8,15-16H,9-14H2,1-2H3,(H,25,31). The molecular weight excluding hydrogens is 410 g/mol. The van der Waals surface area contributed by atoms with Crippen LogP contribution in [0, 0.1) is 6.92 Å². The monoisotopic (exact) mass is 437 g/mol. The van der Waals surface area contributed by atoms with Crippen molar-refractivity contribution < 1.29 is 4.74 Å². The van der Waals surface area contributed by atoms with Gasteiger partial charge in [-0.15, -0.1) is 0 Å². The van der Waals surface area contributed by atoms with E-state index in [2.05, 4.69) is 39.2 Å². The zero-order chi connectivity index (χ0) is 21.8. The highest BCUT2D eigenvalue weighted by Gasteiger charge is 2.19. The third-order valence-electron chi connectivity index (χ3n) is 5.65. The van der Waals surface area contributed by atoms with Gasteiger partial charge in [-0.25, -0.2) is 0 Å². The summed E-state index contributed by atoms with van der Waals surface area (Å²) >= 11 is 5.59. The van der Waals surface area contributed by atoms with Crippen molar-refractivity contribution in [1.29, 1.82) is 0 Å². The predicted molar refractivity (Wildman–Crippen MR) is 128 cm³/mol. The highest BCUT2D eigenvalue weighted by atomic mass is 32.1. The van der Waals surface area contributed by atoms with E-state index in [4.69, 9.17) is 17.0 Å². The van der Waals surface area contributed by atoms with Gasteiger partial charge in [0, 0.05) is 57.1 Å². The second kappa shape index (κ2) is 9.45. The molecule has 8 heteroatoms. The maximum absolute atomic E-state index is 12.5. The second-order valence-corrected chi connectivity index (χ2v) is 8.11. The van der Waals surface area contributed by atoms with E-state index in [1.807, 2.05) is 18.2 Å². The minimum absolute atomic E-state index is 0.0235. The second-order valence-electron chi connectivity index (χ2n) is 7.73. The molecule has 0 atom stereocenters. The maximum Gasteiger partial charge on any atom is 0.251 e. The smallest absolute Gasteiger partial charge is 0.251 e. The van der Waals surface area contributed by atoms with Gasteiger partial charge in [0.25, 0.3) is 5.56 Å². The highest BCUT2D eigenvalue weighted by molar-refractivity contribution is 7.80. The van der Waals surface area contributed by atoms with Crippen molar-refractivity contribution in [3.63, 3.8) is 0 Å². The van der Waals surface area contributed by atoms with Crippen LogP contribution >= 0.6 is 12.2 Å². The quantitative estimate of drug-likeness (QED) is 0.616. The van der Waals surface area contributed by atoms with Gasteiger partial charge in [0.05, 0.1) is 24.3 Å². The summed E-state index contributed by atoms with van der Waals surface area (Å²) in [4.78, 5) is 21.4. The number of aromatic nitrogens is 2. The molecule has 7 nitrogen and oxygen atoms in total. The minimum atomic E-state index is -0.0235. The van der Waals surface area contributed by atoms with Crippen LogP contribution in [0.2, 0.25) is 0 Å². The Labute approximate surface area is 187 Å². The van der Waals surface area contributed by atoms with Crippen LogP contribution in [0.3, 0.4) is 0 Å². The molecule has 1 N–H and O–H groups in total. The van der Waals surface area contributed by atoms with Crippen LogP contribution in [0.5, 0.6) is 5.75 Å². The van der Waals surface area contributed by atoms with E-state index in [0.29, 0.717) is 12.3 Å². The Kier molecular flexibility index (Phi) is 6.48. The molecule has 0 amide bonds. The Morgan fingerprint density at radius 3 is 2.55 bits per heavy atom. The first-order valence-corrected chi connectivity index (χ1v) is 10.8. The Morgan fingerprint density at radius 2 is 1.84 bits per heavy atom. The molecule has 0 spiro atoms. The maximum atomic E-state index is 12.5. The summed E-state index contributed by atoms with van der Waals surface area (Å²) in [6.45, 7) is 6.99. The number of hydrogen-bond acceptors (Lipinski definition) is 5. The van der Waals surface area contributed by atoms with Gasteiger partial charge in [-0.05, 0) is 37.3 Å². The molecule has 0 bridgehead atoms. The molecular formula is C23H27N5O2S. The molecule has 1 aliphatic rings. The summed E-state index contributed by atoms with van der Waals surface area (Å²) in [5.41, 5.74) is 3.80. The van der Waals surface area contributed by atoms with Gasteiger partial charge in [0.15, 0.2) is 5.11 Å². The SMILES string of the molecule is COc1cnc2ccc(=O)n(CCN3CCN(C(=S)Nc4ccc(C)cc4)CC3)c2c1. The molecule has 1 fully saturated rings. The number of hydrogen-bond donors (Lipinski definition) is 1. The average Bonchev–Trinajstić information content (AvgIpc) is 2.80. The molecule has 3 heterocycles. The van der Waals surface area contributed by atoms with Gasteiger partial charge in [0.2, 0.25) is 0 Å². The van der Waals surface area contributed by atoms with E-state index in [9.17, 15) is 4.79 Å². The summed E-state index contributed by atoms with van der Waals surface area (Å²) < 4.78 is 7.06. The number of piperazine rings is 1. The number of fused-ring (bicyclic) bond motifs is 1. The lowest BCUT2D eigenvalue weighted by Gasteiger charge is -2.36. The van der Waals surface area contributed by atoms with Crippen LogP contribution in [-0.2, 0) is 6.54 Å². The number of anilines is 1. The molecule has 2 aromatic heterocycles. The van der Waals surface area contributed by atoms with E-state index >= 15 is 0 Å². The van der Waals surface area contributed by atoms with E-state index in [0.717, 1.165) is 54.6 Å². The molecule has 0 radical (unpaired) electrons. The van der Waals surface area contributed by atoms with Gasteiger partial charge in [0.1, 0.15) is 5.75 Å². The molecule has 31 heavy (non-hydrogen) atoms. The van der Waals surface area contributed by atoms with Crippen molar-refractivity contribution in [3.05, 3.63) is 64.6 Å². The van der Waals surface area contributed by atoms with Gasteiger partial charge in [-0.3, -0.25) is 14.7 Å². The van der Waals surface area contributed by atoms with Crippen LogP contribution < -0.4 is 15.6 Å². The Bertz CT molecular complexity index is 1120. The van der Waals surface area contributed by atoms with Crippen LogP contribution in [-0.4, -0.2) is 64.3 Å². The molecule has 1 saturated heterocycles. The molecule has 0 unspecified atom stereocenters. The van der Waals surface area contributed by atoms with Crippen molar-refractivity contribution in [2.24, 2.45) is 0 Å². The van der Waals surface area contributed by atoms with Crippen molar-refractivity contribution in [1.82, 2.24) is 19.4 Å². The van der Waals surface area contributed by atoms with Crippen molar-refractivity contribution >= 4 is 34.1 Å². The fourth-order valence-electron chi connectivity index (χ4n) is 3.75. The van der Waals surface area contributed by atoms with E-state index in [1.54, 1.807) is 30.0 Å². The van der Waals surface area contributed by atoms with Crippen LogP contribution in [0.25, 0.3) is 11.0 Å². The third-order valence-corrected chi connectivity index (χ3v) is 6.01. The van der Waals surface area contributed by atoms with Crippen molar-refractivity contribution in [3.8, 4) is 5.75 Å². The van der Waals surface area contributed by atoms with Gasteiger partial charge in [-0.1, -0.05) is 17.7 Å². The predicted octanol–water partition coefficient (Wildman–Crippen LogP) is 2.73. The molecule has 1 aromatic carbocycles. The first kappa shape index (κ1) is 21.3. The zero-order valence-electron chi connectivity index (χ0n) is 17.9. The first-order chi connectivity index (χ1) is 15.0. The molecule has 0 aliphatic carbocycles. The number of nitrogens with one attached hydrogen (secondary N) is 1. The largest absolute Gasteiger partial charge is 0.495 e. The summed E-state index contributed by atoms with van der Waals surface area (Å²) in [6.07, 6.45) is 1.67. The molecule has 4 rings (SSSR count). The van der Waals surface area contributed by atoms with Gasteiger partial charge < -0.3 is 19.5 Å². The number of rotatable bonds is 5. The molecule has 3 aromatic rings. The number of thiocarbonyl (C=S) groups is 1. The first-order valence-electron chi connectivity index (χ1n) is 10.4. The summed E-state index contributed by atoms with van der Waals surface area (Å²) in [5, 5.41) is 4.08. The number of pyridine rings is 2. The summed E-state index contributed by atoms with van der Waals surface area (Å²) in [7, 11) is 1.60. The lowest BCUT2D eigenvalue weighted by molar-refractivity contribution is 0.178. The van der Waals surface area contributed by atoms with Crippen molar-refractivity contribution in [2.75, 3.05) is 45.2 Å². The molecule has 162 valence electrons. The number of methoxy groups -OCH3 is 1. The number of benzene rings is 1. The van der Waals surface area contributed by atoms with Crippen LogP contribution in [0.4, 0.5) is 5.69 Å². The Morgan fingerprint density at radius 1 is 1.10 bits per heavy atom. The number of aryl methyl sites for hydroxylation is 1. The summed E-state index contributed by atoms with van der Waals surface area (Å²) in [5.74, 6) is 0.648. The zero-order valence-corrected chi connectivity index (χ0v) is 18.7. The third kappa shape index (κ3) is 5.03. The van der Waals surface area contributed by atoms with E-state index < -0.39 is 0 Å². The lowest BCUT2D eigenvalue weighted by atomic mass is 10.2. The van der Waals surface area contributed by atoms with Gasteiger partial charge in [-0.2, -0.15) is 0 Å². The number of nitrogens with zero attached hydrogens (tertiary/aromatic N) is 4. The molecule has 0 saturated carbocycles. The lowest BCUT2D eigenvalue weighted by Crippen LogP contribution is -2.50. The van der Waals surface area contributed by atoms with E-state index in [-0.39, 0.29) is 5.56 Å². The van der Waals surface area contributed by atoms with Crippen molar-refractivity contribution in [2.45, 2.75) is 13.5 Å². The fraction of sp³-hybridized carbons (Fsp3) is 0.348. The Balaban J connectivity index is 1.34. The fourth-order valence-corrected chi connectivity index (χ4v) is 4.05. The highest BCUT2D eigenvalue weighted by Crippen LogP contribution is 2.17. The Hall–Kier alpha value is -2.97. The van der Waals surface area contributed by atoms with E-state index in [1.165, 1.54) is 5.56 Å². The van der Waals surface area contributed by atoms with Crippen LogP contribution in [0.1, 0.15) is 5.56 Å². The summed E-state index contributed by atoms with van der Waals surface area (Å²) in [6, 6.07) is 13.4. The number of ether oxygens (including phenoxy) is 1. The van der Waals surface area contributed by atoms with Crippen LogP contribution in [0.15, 0.2) is 53.5 Å². The normalized spacial score (nSPS) is 14.6. The minimum Gasteiger partial charge on any atom is -0.495 e. The molecule has 1 aliphatic heterocycles. The topological polar surface area (TPSA) is 62.6 Å². The van der Waals surface area contributed by atoms with Gasteiger partial charge >= 0.3 is 0 Å². The average molecular weight is 438 g/mol.